The highest BCUT2D eigenvalue weighted by Gasteiger charge is 2.28. The van der Waals surface area contributed by atoms with Crippen molar-refractivity contribution in [3.63, 3.8) is 0 Å². The number of nitrogens with one attached hydrogen (secondary N) is 1. The zero-order valence-corrected chi connectivity index (χ0v) is 29.5. The van der Waals surface area contributed by atoms with Crippen molar-refractivity contribution >= 4 is 12.2 Å². The van der Waals surface area contributed by atoms with Crippen LogP contribution in [0.5, 0.6) is 0 Å². The molecule has 49 heavy (non-hydrogen) atoms. The summed E-state index contributed by atoms with van der Waals surface area (Å²) in [7, 11) is 0. The lowest BCUT2D eigenvalue weighted by atomic mass is 10.2. The van der Waals surface area contributed by atoms with Crippen LogP contribution in [0.3, 0.4) is 0 Å². The van der Waals surface area contributed by atoms with Crippen LogP contribution in [0, 0.1) is 0 Å². The van der Waals surface area contributed by atoms with Gasteiger partial charge in [0.2, 0.25) is 0 Å². The second-order valence-electron chi connectivity index (χ2n) is 13.5. The fourth-order valence-corrected chi connectivity index (χ4v) is 4.01. The van der Waals surface area contributed by atoms with Crippen LogP contribution in [0.4, 0.5) is 9.59 Å². The second-order valence-corrected chi connectivity index (χ2v) is 13.5. The molecular weight excluding hydrogens is 646 g/mol. The highest BCUT2D eigenvalue weighted by molar-refractivity contribution is 5.68. The van der Waals surface area contributed by atoms with Crippen molar-refractivity contribution in [3.05, 3.63) is 12.2 Å². The monoisotopic (exact) mass is 711 g/mol. The van der Waals surface area contributed by atoms with Gasteiger partial charge in [0.1, 0.15) is 23.4 Å². The first-order valence-electron chi connectivity index (χ1n) is 16.5. The van der Waals surface area contributed by atoms with Crippen molar-refractivity contribution in [2.75, 3.05) is 85.5 Å². The Morgan fingerprint density at radius 3 is 1.84 bits per heavy atom. The third kappa shape index (κ3) is 23.8. The molecule has 0 saturated carbocycles. The molecule has 0 aromatic carbocycles. The summed E-state index contributed by atoms with van der Waals surface area (Å²) in [5, 5.41) is 48.7. The molecule has 2 amide bonds. The van der Waals surface area contributed by atoms with Crippen LogP contribution in [-0.2, 0) is 28.4 Å². The Labute approximate surface area is 292 Å². The van der Waals surface area contributed by atoms with E-state index >= 15 is 0 Å². The predicted molar refractivity (Wildman–Crippen MR) is 182 cm³/mol. The van der Waals surface area contributed by atoms with Crippen LogP contribution >= 0.6 is 0 Å². The number of carbonyl (C=O) groups is 2. The normalized spacial score (nSPS) is 27.4. The molecule has 0 bridgehead atoms. The summed E-state index contributed by atoms with van der Waals surface area (Å²) in [4.78, 5) is 26.5. The molecule has 0 aromatic rings. The van der Waals surface area contributed by atoms with Gasteiger partial charge >= 0.3 is 12.2 Å². The van der Waals surface area contributed by atoms with Crippen molar-refractivity contribution in [1.29, 1.82) is 0 Å². The number of hydrogen-bond acceptors (Lipinski definition) is 14. The summed E-state index contributed by atoms with van der Waals surface area (Å²) in [6.45, 7) is 16.9. The van der Waals surface area contributed by atoms with Gasteiger partial charge in [0, 0.05) is 45.8 Å². The lowest BCUT2D eigenvalue weighted by Gasteiger charge is -2.31. The van der Waals surface area contributed by atoms with Crippen LogP contribution in [0.15, 0.2) is 12.2 Å². The number of hydrogen-bond donors (Lipinski definition) is 6. The number of ether oxygens (including phenoxy) is 6. The smallest absolute Gasteiger partial charge is 0.410 e. The maximum absolute atomic E-state index is 11.8. The largest absolute Gasteiger partial charge is 0.444 e. The standard InChI is InChI=1S/C11H21NO5.C11H19NO3.C6H13NO3.C4H8O2.CH4/c1-11(2,3)17-10(15)12-4-5-16-7-9(14)8(13)6-12;1-11(2,3)15-10(13)12-6-4-5-8-14-9-7-12;8-5-3-7-1-2-10-4-6(5)9;5-4-2-1-3-6-4;/h8-9,13-14H,4-7H2,1-3H3;4-5H,6-9H2,1-3H3;5-9H,1-4H2;4-5H,1-3H2;1H4/b;5-4-;;;/t8-,9+;;5-,6+;;/m0.0../s1. The Morgan fingerprint density at radius 2 is 1.29 bits per heavy atom. The fraction of sp³-hybridized carbons (Fsp3) is 0.879. The van der Waals surface area contributed by atoms with E-state index in [4.69, 9.17) is 43.7 Å². The first kappa shape index (κ1) is 46.9. The van der Waals surface area contributed by atoms with Gasteiger partial charge in [-0.1, -0.05) is 19.6 Å². The van der Waals surface area contributed by atoms with Gasteiger partial charge in [-0.2, -0.15) is 0 Å². The highest BCUT2D eigenvalue weighted by atomic mass is 16.6. The molecule has 1 unspecified atom stereocenters. The molecule has 16 heteroatoms. The van der Waals surface area contributed by atoms with Gasteiger partial charge in [-0.3, -0.25) is 0 Å². The van der Waals surface area contributed by atoms with Crippen LogP contribution in [0.2, 0.25) is 0 Å². The molecule has 3 saturated heterocycles. The van der Waals surface area contributed by atoms with Crippen LogP contribution < -0.4 is 5.32 Å². The summed E-state index contributed by atoms with van der Waals surface area (Å²) in [5.74, 6) is 0. The fourth-order valence-electron chi connectivity index (χ4n) is 4.01. The van der Waals surface area contributed by atoms with Crippen molar-refractivity contribution in [3.8, 4) is 0 Å². The van der Waals surface area contributed by atoms with Crippen molar-refractivity contribution in [2.45, 2.75) is 104 Å². The maximum atomic E-state index is 11.8. The minimum Gasteiger partial charge on any atom is -0.444 e. The van der Waals surface area contributed by atoms with E-state index in [9.17, 15) is 19.8 Å². The van der Waals surface area contributed by atoms with E-state index in [1.54, 1.807) is 25.7 Å². The van der Waals surface area contributed by atoms with E-state index < -0.39 is 48.0 Å². The number of β-amino-alcohol motifs (C(OH)–C–C–N with tert-alkyl or cyclic N) is 2. The molecule has 4 aliphatic rings. The number of aliphatic hydroxyl groups excluding tert-OH is 5. The van der Waals surface area contributed by atoms with Gasteiger partial charge in [0.05, 0.1) is 58.4 Å². The zero-order valence-electron chi connectivity index (χ0n) is 29.5. The molecule has 4 rings (SSSR count). The van der Waals surface area contributed by atoms with Crippen LogP contribution in [0.1, 0.15) is 61.8 Å². The third-order valence-electron chi connectivity index (χ3n) is 6.58. The van der Waals surface area contributed by atoms with Crippen LogP contribution in [0.25, 0.3) is 0 Å². The van der Waals surface area contributed by atoms with Crippen LogP contribution in [-0.4, -0.2) is 175 Å². The summed E-state index contributed by atoms with van der Waals surface area (Å²) >= 11 is 0. The highest BCUT2D eigenvalue weighted by Crippen LogP contribution is 2.13. The Morgan fingerprint density at radius 1 is 0.735 bits per heavy atom. The van der Waals surface area contributed by atoms with Crippen molar-refractivity contribution in [1.82, 2.24) is 15.1 Å². The second kappa shape index (κ2) is 24.9. The van der Waals surface area contributed by atoms with E-state index in [-0.39, 0.29) is 33.3 Å². The molecular formula is C33H65N3O13. The molecule has 6 N–H and O–H groups in total. The van der Waals surface area contributed by atoms with E-state index in [1.165, 1.54) is 4.90 Å². The Bertz CT molecular complexity index is 895. The molecule has 4 aliphatic heterocycles. The summed E-state index contributed by atoms with van der Waals surface area (Å²) in [5.41, 5.74) is -1.02. The van der Waals surface area contributed by atoms with Gasteiger partial charge in [0.25, 0.3) is 0 Å². The van der Waals surface area contributed by atoms with E-state index in [2.05, 4.69) is 5.32 Å². The number of carbonyl (C=O) groups excluding carboxylic acids is 2. The third-order valence-corrected chi connectivity index (χ3v) is 6.58. The first-order chi connectivity index (χ1) is 22.5. The number of aliphatic hydroxyl groups is 5. The Hall–Kier alpha value is -2.12. The van der Waals surface area contributed by atoms with Gasteiger partial charge in [0.15, 0.2) is 6.29 Å². The minimum absolute atomic E-state index is 0. The van der Waals surface area contributed by atoms with Crippen molar-refractivity contribution in [2.24, 2.45) is 0 Å². The number of amides is 2. The predicted octanol–water partition coefficient (Wildman–Crippen LogP) is 0.865. The Kier molecular flexibility index (Phi) is 23.9. The lowest BCUT2D eigenvalue weighted by Crippen LogP contribution is -2.48. The van der Waals surface area contributed by atoms with E-state index in [1.807, 2.05) is 32.9 Å². The lowest BCUT2D eigenvalue weighted by molar-refractivity contribution is -0.0729. The molecule has 0 spiro atoms. The molecule has 4 heterocycles. The molecule has 0 aromatic heterocycles. The molecule has 5 atom stereocenters. The minimum atomic E-state index is -1.01. The molecule has 0 aliphatic carbocycles. The number of nitrogens with zero attached hydrogens (tertiary/aromatic N) is 2. The summed E-state index contributed by atoms with van der Waals surface area (Å²) in [6.07, 6.45) is 1.01. The Balaban J connectivity index is 0.000000657. The quantitative estimate of drug-likeness (QED) is 0.193. The summed E-state index contributed by atoms with van der Waals surface area (Å²) in [6, 6.07) is 0. The van der Waals surface area contributed by atoms with Gasteiger partial charge in [-0.15, -0.1) is 0 Å². The van der Waals surface area contributed by atoms with Gasteiger partial charge in [-0.05, 0) is 48.0 Å². The zero-order chi connectivity index (χ0) is 36.2. The maximum Gasteiger partial charge on any atom is 0.410 e. The van der Waals surface area contributed by atoms with E-state index in [0.717, 1.165) is 26.0 Å². The SMILES string of the molecule is C.CC(C)(C)OC(=O)N1C/C=C\COCC1.CC(C)(C)OC(=O)N1CCOC[C@@H](O)[C@@H](O)C1.OC1CCCO1.O[C@@H]1COCCNC[C@@H]1O. The van der Waals surface area contributed by atoms with Gasteiger partial charge < -0.3 is 69.1 Å². The molecule has 290 valence electrons. The topological polar surface area (TPSA) is 209 Å². The first-order valence-corrected chi connectivity index (χ1v) is 16.5. The van der Waals surface area contributed by atoms with Crippen molar-refractivity contribution < 1.29 is 63.5 Å². The number of rotatable bonds is 0. The molecule has 0 radical (unpaired) electrons. The van der Waals surface area contributed by atoms with Gasteiger partial charge in [-0.25, -0.2) is 9.59 Å². The average Bonchev–Trinajstić information content (AvgIpc) is 3.44. The molecule has 3 fully saturated rings. The van der Waals surface area contributed by atoms with E-state index in [0.29, 0.717) is 52.6 Å². The summed E-state index contributed by atoms with van der Waals surface area (Å²) < 4.78 is 30.5. The molecule has 16 nitrogen and oxygen atoms in total. The average molecular weight is 712 g/mol.